The van der Waals surface area contributed by atoms with Crippen LogP contribution in [0.2, 0.25) is 0 Å². The van der Waals surface area contributed by atoms with Gasteiger partial charge in [-0.1, -0.05) is 72.8 Å². The molecular weight excluding hydrogens is 500 g/mol. The minimum Gasteiger partial charge on any atom is -0.493 e. The maximum Gasteiger partial charge on any atom is 0.264 e. The minimum absolute atomic E-state index is 0.0229. The highest BCUT2D eigenvalue weighted by Crippen LogP contribution is 2.32. The number of hydrogen-bond acceptors (Lipinski definition) is 5. The topological polar surface area (TPSA) is 84.9 Å². The lowest BCUT2D eigenvalue weighted by molar-refractivity contribution is -0.120. The molecule has 8 heteroatoms. The van der Waals surface area contributed by atoms with Gasteiger partial charge in [0.15, 0.2) is 11.5 Å². The Morgan fingerprint density at radius 1 is 0.816 bits per heavy atom. The lowest BCUT2D eigenvalue weighted by Crippen LogP contribution is -2.42. The molecule has 0 saturated carbocycles. The summed E-state index contributed by atoms with van der Waals surface area (Å²) < 4.78 is 39.4. The molecule has 1 atom stereocenters. The van der Waals surface area contributed by atoms with Gasteiger partial charge in [-0.2, -0.15) is 0 Å². The molecular formula is C30H30N2O5S. The summed E-state index contributed by atoms with van der Waals surface area (Å²) in [6, 6.07) is 29.8. The summed E-state index contributed by atoms with van der Waals surface area (Å²) in [7, 11) is -1.23. The van der Waals surface area contributed by atoms with Crippen molar-refractivity contribution in [3.63, 3.8) is 0 Å². The van der Waals surface area contributed by atoms with Gasteiger partial charge < -0.3 is 14.8 Å². The highest BCUT2D eigenvalue weighted by molar-refractivity contribution is 7.92. The molecule has 38 heavy (non-hydrogen) atoms. The van der Waals surface area contributed by atoms with Crippen LogP contribution in [0.1, 0.15) is 22.7 Å². The zero-order chi connectivity index (χ0) is 27.1. The smallest absolute Gasteiger partial charge is 0.264 e. The van der Waals surface area contributed by atoms with Crippen molar-refractivity contribution >= 4 is 21.6 Å². The van der Waals surface area contributed by atoms with Crippen molar-refractivity contribution in [1.82, 2.24) is 5.32 Å². The van der Waals surface area contributed by atoms with Gasteiger partial charge in [-0.3, -0.25) is 9.10 Å². The summed E-state index contributed by atoms with van der Waals surface area (Å²) >= 11 is 0. The number of rotatable bonds is 10. The Labute approximate surface area is 223 Å². The Hall–Kier alpha value is -4.30. The largest absolute Gasteiger partial charge is 0.493 e. The molecule has 0 heterocycles. The number of anilines is 1. The summed E-state index contributed by atoms with van der Waals surface area (Å²) in [5.74, 6) is 0.226. The van der Waals surface area contributed by atoms with Crippen molar-refractivity contribution in [2.75, 3.05) is 25.1 Å². The number of hydrogen-bond donors (Lipinski definition) is 1. The SMILES string of the molecule is COc1ccc(S(=O)(=O)N(CC(=O)N[C@@H](c2ccccc2)c2ccccc2C)c2ccccc2)cc1OC. The molecule has 0 radical (unpaired) electrons. The molecule has 0 spiro atoms. The van der Waals surface area contributed by atoms with Gasteiger partial charge in [0.05, 0.1) is 30.8 Å². The summed E-state index contributed by atoms with van der Waals surface area (Å²) in [6.45, 7) is 1.56. The summed E-state index contributed by atoms with van der Waals surface area (Å²) in [5, 5.41) is 3.07. The van der Waals surface area contributed by atoms with E-state index in [0.29, 0.717) is 11.4 Å². The van der Waals surface area contributed by atoms with E-state index in [0.717, 1.165) is 21.0 Å². The zero-order valence-corrected chi connectivity index (χ0v) is 22.3. The van der Waals surface area contributed by atoms with E-state index in [1.165, 1.54) is 32.4 Å². The van der Waals surface area contributed by atoms with Gasteiger partial charge >= 0.3 is 0 Å². The average molecular weight is 531 g/mol. The molecule has 0 fully saturated rings. The van der Waals surface area contributed by atoms with Crippen LogP contribution in [-0.2, 0) is 14.8 Å². The Kier molecular flexibility index (Phi) is 8.33. The lowest BCUT2D eigenvalue weighted by atomic mass is 9.95. The molecule has 1 amide bonds. The van der Waals surface area contributed by atoms with Crippen molar-refractivity contribution in [1.29, 1.82) is 0 Å². The molecule has 7 nitrogen and oxygen atoms in total. The molecule has 0 unspecified atom stereocenters. The van der Waals surface area contributed by atoms with Crippen LogP contribution in [0.25, 0.3) is 0 Å². The van der Waals surface area contributed by atoms with Gasteiger partial charge in [-0.15, -0.1) is 0 Å². The number of carbonyl (C=O) groups is 1. The predicted octanol–water partition coefficient (Wildman–Crippen LogP) is 5.11. The number of ether oxygens (including phenoxy) is 2. The molecule has 0 bridgehead atoms. The second-order valence-corrected chi connectivity index (χ2v) is 10.5. The van der Waals surface area contributed by atoms with Gasteiger partial charge in [-0.25, -0.2) is 8.42 Å². The fourth-order valence-corrected chi connectivity index (χ4v) is 5.68. The number of benzene rings is 4. The van der Waals surface area contributed by atoms with E-state index in [9.17, 15) is 13.2 Å². The first-order chi connectivity index (χ1) is 18.3. The number of aryl methyl sites for hydroxylation is 1. The number of carbonyl (C=O) groups excluding carboxylic acids is 1. The first-order valence-corrected chi connectivity index (χ1v) is 13.5. The maximum absolute atomic E-state index is 13.9. The van der Waals surface area contributed by atoms with Crippen molar-refractivity contribution in [3.05, 3.63) is 120 Å². The third-order valence-corrected chi connectivity index (χ3v) is 7.98. The van der Waals surface area contributed by atoms with Gasteiger partial charge in [0.2, 0.25) is 5.91 Å². The third-order valence-electron chi connectivity index (χ3n) is 6.21. The second kappa shape index (κ2) is 11.8. The summed E-state index contributed by atoms with van der Waals surface area (Å²) in [5.41, 5.74) is 3.20. The van der Waals surface area contributed by atoms with Gasteiger partial charge in [0, 0.05) is 6.07 Å². The molecule has 196 valence electrons. The Balaban J connectivity index is 1.70. The number of sulfonamides is 1. The van der Waals surface area contributed by atoms with Crippen LogP contribution < -0.4 is 19.1 Å². The average Bonchev–Trinajstić information content (AvgIpc) is 2.95. The molecule has 0 aliphatic heterocycles. The number of amides is 1. The van der Waals surface area contributed by atoms with Crippen LogP contribution in [0.15, 0.2) is 108 Å². The molecule has 4 aromatic carbocycles. The van der Waals surface area contributed by atoms with Crippen LogP contribution in [0, 0.1) is 6.92 Å². The Bertz CT molecular complexity index is 1490. The minimum atomic E-state index is -4.14. The predicted molar refractivity (Wildman–Crippen MR) is 148 cm³/mol. The first-order valence-electron chi connectivity index (χ1n) is 12.0. The number of nitrogens with zero attached hydrogens (tertiary/aromatic N) is 1. The van der Waals surface area contributed by atoms with Crippen LogP contribution >= 0.6 is 0 Å². The van der Waals surface area contributed by atoms with Crippen molar-refractivity contribution < 1.29 is 22.7 Å². The zero-order valence-electron chi connectivity index (χ0n) is 21.5. The van der Waals surface area contributed by atoms with Crippen molar-refractivity contribution in [2.45, 2.75) is 17.9 Å². The molecule has 0 aromatic heterocycles. The van der Waals surface area contributed by atoms with E-state index in [-0.39, 0.29) is 10.6 Å². The first kappa shape index (κ1) is 26.8. The summed E-state index contributed by atoms with van der Waals surface area (Å²) in [6.07, 6.45) is 0. The van der Waals surface area contributed by atoms with E-state index in [1.54, 1.807) is 30.3 Å². The lowest BCUT2D eigenvalue weighted by Gasteiger charge is -2.27. The van der Waals surface area contributed by atoms with Crippen LogP contribution in [0.5, 0.6) is 11.5 Å². The van der Waals surface area contributed by atoms with Crippen molar-refractivity contribution in [3.8, 4) is 11.5 Å². The normalized spacial score (nSPS) is 11.9. The maximum atomic E-state index is 13.9. The fourth-order valence-electron chi connectivity index (χ4n) is 4.25. The molecule has 4 rings (SSSR count). The van der Waals surface area contributed by atoms with Gasteiger partial charge in [0.1, 0.15) is 6.54 Å². The van der Waals surface area contributed by atoms with E-state index in [1.807, 2.05) is 61.5 Å². The van der Waals surface area contributed by atoms with Gasteiger partial charge in [0.25, 0.3) is 10.0 Å². The molecule has 0 aliphatic rings. The molecule has 0 saturated heterocycles. The van der Waals surface area contributed by atoms with E-state index >= 15 is 0 Å². The number of methoxy groups -OCH3 is 2. The van der Waals surface area contributed by atoms with E-state index in [2.05, 4.69) is 5.32 Å². The van der Waals surface area contributed by atoms with E-state index in [4.69, 9.17) is 9.47 Å². The number of nitrogens with one attached hydrogen (secondary N) is 1. The standard InChI is InChI=1S/C30H30N2O5S/c1-22-12-10-11-17-26(22)30(23-13-6-4-7-14-23)31-29(33)21-32(24-15-8-5-9-16-24)38(34,35)25-18-19-27(36-2)28(20-25)37-3/h4-20,30H,21H2,1-3H3,(H,31,33)/t30-/m0/s1. The van der Waals surface area contributed by atoms with E-state index < -0.39 is 28.5 Å². The quantitative estimate of drug-likeness (QED) is 0.308. The number of para-hydroxylation sites is 1. The molecule has 4 aromatic rings. The Morgan fingerprint density at radius 3 is 2.05 bits per heavy atom. The van der Waals surface area contributed by atoms with Crippen LogP contribution in [0.3, 0.4) is 0 Å². The third kappa shape index (κ3) is 5.81. The highest BCUT2D eigenvalue weighted by atomic mass is 32.2. The monoisotopic (exact) mass is 530 g/mol. The molecule has 0 aliphatic carbocycles. The Morgan fingerprint density at radius 2 is 1.42 bits per heavy atom. The summed E-state index contributed by atoms with van der Waals surface area (Å²) in [4.78, 5) is 13.5. The molecule has 1 N–H and O–H groups in total. The highest BCUT2D eigenvalue weighted by Gasteiger charge is 2.29. The second-order valence-electron chi connectivity index (χ2n) is 8.63. The van der Waals surface area contributed by atoms with Crippen LogP contribution in [0.4, 0.5) is 5.69 Å². The van der Waals surface area contributed by atoms with Crippen molar-refractivity contribution in [2.24, 2.45) is 0 Å². The fraction of sp³-hybridized carbons (Fsp3) is 0.167. The van der Waals surface area contributed by atoms with Gasteiger partial charge in [-0.05, 0) is 47.9 Å². The van der Waals surface area contributed by atoms with Crippen LogP contribution in [-0.4, -0.2) is 35.1 Å².